The van der Waals surface area contributed by atoms with E-state index in [2.05, 4.69) is 46.6 Å². The van der Waals surface area contributed by atoms with Crippen LogP contribution in [0.5, 0.6) is 0 Å². The fraction of sp³-hybridized carbons (Fsp3) is 0.769. The maximum atomic E-state index is 11.0. The van der Waals surface area contributed by atoms with Gasteiger partial charge >= 0.3 is 5.97 Å². The first-order chi connectivity index (χ1) is 8.08. The summed E-state index contributed by atoms with van der Waals surface area (Å²) >= 11 is 0. The van der Waals surface area contributed by atoms with Crippen molar-refractivity contribution in [3.8, 4) is 0 Å². The topological polar surface area (TPSA) is 35.5 Å². The Morgan fingerprint density at radius 2 is 1.83 bits per heavy atom. The molecule has 106 valence electrons. The number of esters is 1. The third kappa shape index (κ3) is 8.66. The van der Waals surface area contributed by atoms with E-state index >= 15 is 0 Å². The van der Waals surface area contributed by atoms with Crippen molar-refractivity contribution < 1.29 is 13.6 Å². The summed E-state index contributed by atoms with van der Waals surface area (Å²) in [6, 6.07) is 1.98. The zero-order valence-electron chi connectivity index (χ0n) is 12.7. The number of hydrogen-bond acceptors (Lipinski definition) is 3. The molecule has 0 spiro atoms. The minimum Gasteiger partial charge on any atom is -0.463 e. The average molecular weight is 289 g/mol. The molecular formula is C13H28O3Si2. The number of carbonyl (C=O) groups is 1. The molecule has 0 N–H and O–H groups in total. The van der Waals surface area contributed by atoms with Crippen LogP contribution in [0.2, 0.25) is 38.3 Å². The molecule has 0 radical (unpaired) electrons. The summed E-state index contributed by atoms with van der Waals surface area (Å²) in [4.78, 5) is 11.0. The van der Waals surface area contributed by atoms with Gasteiger partial charge in [-0.25, -0.2) is 4.79 Å². The largest absolute Gasteiger partial charge is 0.463 e. The molecule has 0 aromatic carbocycles. The lowest BCUT2D eigenvalue weighted by atomic mass is 10.3. The molecule has 0 saturated heterocycles. The van der Waals surface area contributed by atoms with Crippen molar-refractivity contribution in [1.29, 1.82) is 0 Å². The minimum absolute atomic E-state index is 0.344. The fourth-order valence-corrected chi connectivity index (χ4v) is 11.3. The lowest BCUT2D eigenvalue weighted by Gasteiger charge is -2.35. The second-order valence-electron chi connectivity index (χ2n) is 6.38. The maximum Gasteiger partial charge on any atom is 0.330 e. The van der Waals surface area contributed by atoms with Crippen LogP contribution in [0.15, 0.2) is 12.7 Å². The van der Waals surface area contributed by atoms with Crippen LogP contribution in [0.3, 0.4) is 0 Å². The smallest absolute Gasteiger partial charge is 0.330 e. The monoisotopic (exact) mass is 288 g/mol. The van der Waals surface area contributed by atoms with Crippen LogP contribution in [0.25, 0.3) is 0 Å². The molecule has 1 atom stereocenters. The Morgan fingerprint density at radius 1 is 1.28 bits per heavy atom. The predicted octanol–water partition coefficient (Wildman–Crippen LogP) is 3.80. The summed E-state index contributed by atoms with van der Waals surface area (Å²) in [5.41, 5.74) is 0. The summed E-state index contributed by atoms with van der Waals surface area (Å²) in [7, 11) is -3.32. The normalized spacial score (nSPS) is 15.3. The van der Waals surface area contributed by atoms with Gasteiger partial charge < -0.3 is 8.85 Å². The highest BCUT2D eigenvalue weighted by molar-refractivity contribution is 6.84. The number of carbonyl (C=O) groups excluding carboxylic acids is 1. The van der Waals surface area contributed by atoms with Gasteiger partial charge in [0.2, 0.25) is 0 Å². The van der Waals surface area contributed by atoms with E-state index in [9.17, 15) is 4.79 Å². The summed E-state index contributed by atoms with van der Waals surface area (Å²) in [5, 5.41) is 0. The summed E-state index contributed by atoms with van der Waals surface area (Å²) in [6.45, 7) is 17.2. The first-order valence-corrected chi connectivity index (χ1v) is 12.8. The Morgan fingerprint density at radius 3 is 2.22 bits per heavy atom. The van der Waals surface area contributed by atoms with Crippen molar-refractivity contribution in [2.75, 3.05) is 6.61 Å². The molecule has 0 saturated carbocycles. The van der Waals surface area contributed by atoms with Crippen LogP contribution in [-0.4, -0.2) is 29.2 Å². The van der Waals surface area contributed by atoms with Gasteiger partial charge in [0.25, 0.3) is 0 Å². The molecule has 1 unspecified atom stereocenters. The third-order valence-corrected chi connectivity index (χ3v) is 9.80. The van der Waals surface area contributed by atoms with Gasteiger partial charge in [-0.05, 0) is 44.2 Å². The fourth-order valence-electron chi connectivity index (χ4n) is 2.22. The van der Waals surface area contributed by atoms with Crippen molar-refractivity contribution in [3.05, 3.63) is 12.7 Å². The van der Waals surface area contributed by atoms with Crippen molar-refractivity contribution in [2.45, 2.75) is 52.1 Å². The number of hydrogen-bond donors (Lipinski definition) is 0. The van der Waals surface area contributed by atoms with Gasteiger partial charge in [0.15, 0.2) is 16.6 Å². The summed E-state index contributed by atoms with van der Waals surface area (Å²) in [6.07, 6.45) is 1.21. The van der Waals surface area contributed by atoms with Gasteiger partial charge in [0, 0.05) is 6.08 Å². The van der Waals surface area contributed by atoms with Crippen LogP contribution in [0.4, 0.5) is 0 Å². The van der Waals surface area contributed by atoms with Crippen LogP contribution in [-0.2, 0) is 13.6 Å². The highest BCUT2D eigenvalue weighted by atomic mass is 28.4. The summed E-state index contributed by atoms with van der Waals surface area (Å²) < 4.78 is 11.5. The molecular weight excluding hydrogens is 260 g/mol. The molecule has 3 nitrogen and oxygen atoms in total. The lowest BCUT2D eigenvalue weighted by Crippen LogP contribution is -2.46. The Labute approximate surface area is 114 Å². The molecule has 0 fully saturated rings. The molecule has 0 aliphatic heterocycles. The Bertz CT molecular complexity index is 284. The van der Waals surface area contributed by atoms with Crippen LogP contribution >= 0.6 is 0 Å². The zero-order valence-corrected chi connectivity index (χ0v) is 14.7. The SMILES string of the molecule is C=CC(=O)OCC[Si](C)(CC(C)C)O[Si](C)(C)C. The molecule has 0 aromatic rings. The predicted molar refractivity (Wildman–Crippen MR) is 81.7 cm³/mol. The first kappa shape index (κ1) is 17.6. The first-order valence-electron chi connectivity index (χ1n) is 6.57. The zero-order chi connectivity index (χ0) is 14.4. The standard InChI is InChI=1S/C13H28O3Si2/c1-8-13(14)15-9-10-18(7,11-12(2)3)16-17(4,5)6/h8,12H,1,9-11H2,2-7H3. The van der Waals surface area contributed by atoms with E-state index in [1.54, 1.807) is 0 Å². The van der Waals surface area contributed by atoms with E-state index < -0.39 is 16.6 Å². The van der Waals surface area contributed by atoms with Gasteiger partial charge in [-0.15, -0.1) is 0 Å². The molecule has 0 aromatic heterocycles. The van der Waals surface area contributed by atoms with Crippen molar-refractivity contribution in [1.82, 2.24) is 0 Å². The van der Waals surface area contributed by atoms with Crippen molar-refractivity contribution in [3.63, 3.8) is 0 Å². The van der Waals surface area contributed by atoms with Gasteiger partial charge in [-0.1, -0.05) is 20.4 Å². The highest BCUT2D eigenvalue weighted by Crippen LogP contribution is 2.26. The van der Waals surface area contributed by atoms with E-state index in [4.69, 9.17) is 8.85 Å². The molecule has 0 heterocycles. The van der Waals surface area contributed by atoms with Gasteiger partial charge in [0.1, 0.15) is 0 Å². The maximum absolute atomic E-state index is 11.0. The second kappa shape index (κ2) is 7.26. The molecule has 0 rings (SSSR count). The van der Waals surface area contributed by atoms with Crippen molar-refractivity contribution >= 4 is 22.6 Å². The van der Waals surface area contributed by atoms with E-state index in [0.29, 0.717) is 12.5 Å². The lowest BCUT2D eigenvalue weighted by molar-refractivity contribution is -0.137. The third-order valence-electron chi connectivity index (χ3n) is 2.43. The Kier molecular flexibility index (Phi) is 7.10. The Hall–Kier alpha value is -0.396. The molecule has 0 aliphatic carbocycles. The van der Waals surface area contributed by atoms with Gasteiger partial charge in [-0.3, -0.25) is 0 Å². The van der Waals surface area contributed by atoms with E-state index in [1.807, 2.05) is 0 Å². The van der Waals surface area contributed by atoms with E-state index in [1.165, 1.54) is 6.08 Å². The quantitative estimate of drug-likeness (QED) is 0.387. The Balaban J connectivity index is 4.47. The second-order valence-corrected chi connectivity index (χ2v) is 15.2. The molecule has 5 heteroatoms. The van der Waals surface area contributed by atoms with Crippen molar-refractivity contribution in [2.24, 2.45) is 5.92 Å². The number of ether oxygens (including phenoxy) is 1. The summed E-state index contributed by atoms with van der Waals surface area (Å²) in [5.74, 6) is 0.275. The highest BCUT2D eigenvalue weighted by Gasteiger charge is 2.34. The molecule has 0 bridgehead atoms. The molecule has 0 aliphatic rings. The van der Waals surface area contributed by atoms with Crippen LogP contribution in [0.1, 0.15) is 13.8 Å². The average Bonchev–Trinajstić information content (AvgIpc) is 2.12. The molecule has 18 heavy (non-hydrogen) atoms. The van der Waals surface area contributed by atoms with Gasteiger partial charge in [-0.2, -0.15) is 0 Å². The van der Waals surface area contributed by atoms with Gasteiger partial charge in [0.05, 0.1) is 6.61 Å². The number of rotatable bonds is 8. The minimum atomic E-state index is -1.78. The molecule has 0 amide bonds. The van der Waals surface area contributed by atoms with Crippen LogP contribution < -0.4 is 0 Å². The van der Waals surface area contributed by atoms with E-state index in [-0.39, 0.29) is 5.97 Å². The van der Waals surface area contributed by atoms with E-state index in [0.717, 1.165) is 12.1 Å². The van der Waals surface area contributed by atoms with Crippen LogP contribution in [0, 0.1) is 5.92 Å².